The van der Waals surface area contributed by atoms with E-state index in [0.717, 1.165) is 0 Å². The first-order valence-corrected chi connectivity index (χ1v) is 7.69. The first-order valence-electron chi connectivity index (χ1n) is 5.76. The van der Waals surface area contributed by atoms with Crippen molar-refractivity contribution in [3.05, 3.63) is 29.0 Å². The lowest BCUT2D eigenvalue weighted by Crippen LogP contribution is -2.19. The van der Waals surface area contributed by atoms with E-state index in [0.29, 0.717) is 6.42 Å². The average Bonchev–Trinajstić information content (AvgIpc) is 2.73. The molecular formula is C11H12ClFN4O2S. The number of sulfonamides is 1. The van der Waals surface area contributed by atoms with Crippen LogP contribution >= 0.6 is 11.6 Å². The van der Waals surface area contributed by atoms with Gasteiger partial charge < -0.3 is 0 Å². The van der Waals surface area contributed by atoms with Gasteiger partial charge in [0.25, 0.3) is 15.2 Å². The van der Waals surface area contributed by atoms with Crippen LogP contribution in [0.1, 0.15) is 13.3 Å². The van der Waals surface area contributed by atoms with Crippen LogP contribution in [0.3, 0.4) is 0 Å². The summed E-state index contributed by atoms with van der Waals surface area (Å²) < 4.78 is 38.1. The molecule has 0 aliphatic carbocycles. The van der Waals surface area contributed by atoms with Crippen LogP contribution in [0.2, 0.25) is 5.02 Å². The topological polar surface area (TPSA) is 90.9 Å². The lowest BCUT2D eigenvalue weighted by molar-refractivity contribution is 0.558. The summed E-state index contributed by atoms with van der Waals surface area (Å²) in [4.78, 5) is 0. The number of rotatable bonds is 4. The molecule has 2 aromatic rings. The van der Waals surface area contributed by atoms with Crippen molar-refractivity contribution >= 4 is 21.6 Å². The highest BCUT2D eigenvalue weighted by Crippen LogP contribution is 2.30. The summed E-state index contributed by atoms with van der Waals surface area (Å²) in [5, 5.41) is 12.1. The number of nitrogens with two attached hydrogens (primary N) is 1. The Bertz CT molecular complexity index is 725. The molecule has 0 spiro atoms. The molecule has 0 radical (unpaired) electrons. The van der Waals surface area contributed by atoms with Crippen molar-refractivity contribution in [2.45, 2.75) is 25.0 Å². The SMILES string of the molecule is CCCn1c(-c2c(F)cccc2Cl)nnc1S(N)(=O)=O. The Morgan fingerprint density at radius 3 is 2.65 bits per heavy atom. The van der Waals surface area contributed by atoms with E-state index >= 15 is 0 Å². The predicted octanol–water partition coefficient (Wildman–Crippen LogP) is 1.79. The lowest BCUT2D eigenvalue weighted by atomic mass is 10.2. The molecule has 0 atom stereocenters. The molecule has 9 heteroatoms. The molecule has 0 bridgehead atoms. The van der Waals surface area contributed by atoms with Crippen molar-refractivity contribution in [3.63, 3.8) is 0 Å². The smallest absolute Gasteiger partial charge is 0.273 e. The van der Waals surface area contributed by atoms with Gasteiger partial charge in [-0.3, -0.25) is 4.57 Å². The summed E-state index contributed by atoms with van der Waals surface area (Å²) in [5.74, 6) is -0.567. The normalized spacial score (nSPS) is 11.8. The van der Waals surface area contributed by atoms with Crippen LogP contribution in [0.25, 0.3) is 11.4 Å². The molecule has 0 aliphatic heterocycles. The molecule has 0 fully saturated rings. The molecule has 6 nitrogen and oxygen atoms in total. The van der Waals surface area contributed by atoms with E-state index in [1.807, 2.05) is 6.92 Å². The van der Waals surface area contributed by atoms with Crippen molar-refractivity contribution in [2.24, 2.45) is 5.14 Å². The third kappa shape index (κ3) is 2.67. The Morgan fingerprint density at radius 2 is 2.10 bits per heavy atom. The standard InChI is InChI=1S/C11H12ClFN4O2S/c1-2-6-17-10(15-16-11(17)20(14,18)19)9-7(12)4-3-5-8(9)13/h3-5H,2,6H2,1H3,(H2,14,18,19). The molecule has 1 aromatic carbocycles. The summed E-state index contributed by atoms with van der Waals surface area (Å²) in [6.45, 7) is 2.11. The van der Waals surface area contributed by atoms with Crippen molar-refractivity contribution in [1.29, 1.82) is 0 Å². The molecule has 1 heterocycles. The summed E-state index contributed by atoms with van der Waals surface area (Å²) in [6.07, 6.45) is 0.597. The molecule has 108 valence electrons. The molecular weight excluding hydrogens is 307 g/mol. The van der Waals surface area contributed by atoms with Crippen molar-refractivity contribution < 1.29 is 12.8 Å². The molecule has 0 saturated carbocycles. The molecule has 0 aliphatic rings. The van der Waals surface area contributed by atoms with Gasteiger partial charge in [0, 0.05) is 6.54 Å². The fourth-order valence-electron chi connectivity index (χ4n) is 1.82. The number of nitrogens with zero attached hydrogens (tertiary/aromatic N) is 3. The fraction of sp³-hybridized carbons (Fsp3) is 0.273. The number of hydrogen-bond donors (Lipinski definition) is 1. The lowest BCUT2D eigenvalue weighted by Gasteiger charge is -2.09. The van der Waals surface area contributed by atoms with Gasteiger partial charge in [-0.2, -0.15) is 0 Å². The van der Waals surface area contributed by atoms with Gasteiger partial charge in [0.05, 0.1) is 10.6 Å². The van der Waals surface area contributed by atoms with Gasteiger partial charge in [-0.15, -0.1) is 10.2 Å². The molecule has 20 heavy (non-hydrogen) atoms. The first-order chi connectivity index (χ1) is 9.36. The van der Waals surface area contributed by atoms with Gasteiger partial charge in [-0.05, 0) is 18.6 Å². The van der Waals surface area contributed by atoms with E-state index < -0.39 is 21.0 Å². The second kappa shape index (κ2) is 5.47. The van der Waals surface area contributed by atoms with E-state index in [1.165, 1.54) is 22.8 Å². The van der Waals surface area contributed by atoms with Crippen molar-refractivity contribution in [3.8, 4) is 11.4 Å². The summed E-state index contributed by atoms with van der Waals surface area (Å²) in [6, 6.07) is 4.15. The monoisotopic (exact) mass is 318 g/mol. The van der Waals surface area contributed by atoms with Gasteiger partial charge >= 0.3 is 0 Å². The zero-order valence-electron chi connectivity index (χ0n) is 10.5. The average molecular weight is 319 g/mol. The number of halogens is 2. The van der Waals surface area contributed by atoms with Gasteiger partial charge in [-0.1, -0.05) is 24.6 Å². The second-order valence-corrected chi connectivity index (χ2v) is 5.96. The van der Waals surface area contributed by atoms with Gasteiger partial charge in [0.2, 0.25) is 0 Å². The Labute approximate surface area is 120 Å². The van der Waals surface area contributed by atoms with Gasteiger partial charge in [0.15, 0.2) is 5.82 Å². The first kappa shape index (κ1) is 14.9. The number of aromatic nitrogens is 3. The van der Waals surface area contributed by atoms with Crippen LogP contribution in [0.4, 0.5) is 4.39 Å². The molecule has 2 N–H and O–H groups in total. The fourth-order valence-corrected chi connectivity index (χ4v) is 2.71. The highest BCUT2D eigenvalue weighted by molar-refractivity contribution is 7.89. The highest BCUT2D eigenvalue weighted by atomic mass is 35.5. The Balaban J connectivity index is 2.73. The molecule has 0 unspecified atom stereocenters. The maximum atomic E-state index is 13.9. The van der Waals surface area contributed by atoms with Crippen molar-refractivity contribution in [2.75, 3.05) is 0 Å². The minimum atomic E-state index is -4.04. The van der Waals surface area contributed by atoms with Crippen LogP contribution in [-0.4, -0.2) is 23.2 Å². The summed E-state index contributed by atoms with van der Waals surface area (Å²) in [7, 11) is -4.04. The summed E-state index contributed by atoms with van der Waals surface area (Å²) in [5.41, 5.74) is 0.00465. The van der Waals surface area contributed by atoms with Crippen molar-refractivity contribution in [1.82, 2.24) is 14.8 Å². The third-order valence-corrected chi connectivity index (χ3v) is 3.73. The molecule has 0 saturated heterocycles. The molecule has 0 amide bonds. The minimum absolute atomic E-state index is 0.00465. The largest absolute Gasteiger partial charge is 0.297 e. The van der Waals surface area contributed by atoms with Crippen LogP contribution in [0.5, 0.6) is 0 Å². The maximum Gasteiger partial charge on any atom is 0.273 e. The van der Waals surface area contributed by atoms with Gasteiger partial charge in [-0.25, -0.2) is 17.9 Å². The molecule has 1 aromatic heterocycles. The highest BCUT2D eigenvalue weighted by Gasteiger charge is 2.24. The van der Waals surface area contributed by atoms with Crippen LogP contribution in [0, 0.1) is 5.82 Å². The van der Waals surface area contributed by atoms with Crippen LogP contribution in [0.15, 0.2) is 23.4 Å². The number of primary sulfonamides is 1. The number of benzene rings is 1. The second-order valence-electron chi connectivity index (χ2n) is 4.10. The zero-order valence-corrected chi connectivity index (χ0v) is 12.1. The minimum Gasteiger partial charge on any atom is -0.297 e. The van der Waals surface area contributed by atoms with Crippen LogP contribution in [-0.2, 0) is 16.6 Å². The Hall–Kier alpha value is -1.51. The molecule has 2 rings (SSSR count). The maximum absolute atomic E-state index is 13.9. The third-order valence-electron chi connectivity index (χ3n) is 2.60. The van der Waals surface area contributed by atoms with Crippen LogP contribution < -0.4 is 5.14 Å². The zero-order chi connectivity index (χ0) is 14.9. The predicted molar refractivity (Wildman–Crippen MR) is 72.1 cm³/mol. The van der Waals surface area contributed by atoms with E-state index in [4.69, 9.17) is 16.7 Å². The summed E-state index contributed by atoms with van der Waals surface area (Å²) >= 11 is 5.96. The van der Waals surface area contributed by atoms with Gasteiger partial charge in [0.1, 0.15) is 5.82 Å². The quantitative estimate of drug-likeness (QED) is 0.930. The Kier molecular flexibility index (Phi) is 4.07. The Morgan fingerprint density at radius 1 is 1.40 bits per heavy atom. The van der Waals surface area contributed by atoms with E-state index in [2.05, 4.69) is 10.2 Å². The van der Waals surface area contributed by atoms with E-state index in [-0.39, 0.29) is 23.0 Å². The number of hydrogen-bond acceptors (Lipinski definition) is 4. The van der Waals surface area contributed by atoms with E-state index in [1.54, 1.807) is 0 Å². The van der Waals surface area contributed by atoms with E-state index in [9.17, 15) is 12.8 Å².